The fourth-order valence-electron chi connectivity index (χ4n) is 2.05. The maximum atomic E-state index is 12.4. The molecule has 2 aromatic carbocycles. The van der Waals surface area contributed by atoms with Gasteiger partial charge in [-0.3, -0.25) is 0 Å². The van der Waals surface area contributed by atoms with E-state index in [1.54, 1.807) is 38.1 Å². The smallest absolute Gasteiger partial charge is 0.242 e. The van der Waals surface area contributed by atoms with Crippen molar-refractivity contribution in [2.24, 2.45) is 0 Å². The Kier molecular flexibility index (Phi) is 5.38. The molecule has 2 N–H and O–H groups in total. The van der Waals surface area contributed by atoms with Crippen LogP contribution in [0, 0.1) is 6.92 Å². The standard InChI is InChI=1S/C16H17Cl2NO3S/c1-11-8-15(14(18)9-13(11)17)23(21,22)19-10-16(2,20)12-6-4-3-5-7-12/h3-9,19-20H,10H2,1-2H3. The van der Waals surface area contributed by atoms with Gasteiger partial charge in [0.25, 0.3) is 0 Å². The molecule has 1 unspecified atom stereocenters. The molecule has 0 saturated carbocycles. The zero-order chi connectivity index (χ0) is 17.3. The van der Waals surface area contributed by atoms with E-state index in [0.29, 0.717) is 16.1 Å². The predicted octanol–water partition coefficient (Wildman–Crippen LogP) is 3.49. The zero-order valence-electron chi connectivity index (χ0n) is 12.7. The lowest BCUT2D eigenvalue weighted by Crippen LogP contribution is -2.38. The van der Waals surface area contributed by atoms with Gasteiger partial charge in [-0.05, 0) is 37.1 Å². The quantitative estimate of drug-likeness (QED) is 0.842. The average Bonchev–Trinajstić information content (AvgIpc) is 2.50. The molecule has 1 atom stereocenters. The molecule has 0 amide bonds. The molecule has 2 rings (SSSR count). The van der Waals surface area contributed by atoms with E-state index in [4.69, 9.17) is 23.2 Å². The van der Waals surface area contributed by atoms with Crippen molar-refractivity contribution in [2.75, 3.05) is 6.54 Å². The molecule has 0 fully saturated rings. The van der Waals surface area contributed by atoms with Gasteiger partial charge >= 0.3 is 0 Å². The van der Waals surface area contributed by atoms with Crippen molar-refractivity contribution in [1.29, 1.82) is 0 Å². The summed E-state index contributed by atoms with van der Waals surface area (Å²) in [6, 6.07) is 11.6. The van der Waals surface area contributed by atoms with Gasteiger partial charge < -0.3 is 5.11 Å². The first kappa shape index (κ1) is 18.2. The first-order chi connectivity index (χ1) is 10.6. The Hall–Kier alpha value is -1.11. The summed E-state index contributed by atoms with van der Waals surface area (Å²) in [5, 5.41) is 10.9. The van der Waals surface area contributed by atoms with Crippen molar-refractivity contribution < 1.29 is 13.5 Å². The summed E-state index contributed by atoms with van der Waals surface area (Å²) in [5.74, 6) is 0. The van der Waals surface area contributed by atoms with E-state index in [1.807, 2.05) is 6.07 Å². The van der Waals surface area contributed by atoms with E-state index in [1.165, 1.54) is 12.1 Å². The summed E-state index contributed by atoms with van der Waals surface area (Å²) in [6.45, 7) is 3.05. The van der Waals surface area contributed by atoms with Crippen molar-refractivity contribution in [3.8, 4) is 0 Å². The number of aryl methyl sites for hydroxylation is 1. The van der Waals surface area contributed by atoms with Crippen molar-refractivity contribution >= 4 is 33.2 Å². The number of sulfonamides is 1. The van der Waals surface area contributed by atoms with Gasteiger partial charge in [0.15, 0.2) is 0 Å². The summed E-state index contributed by atoms with van der Waals surface area (Å²) >= 11 is 11.9. The van der Waals surface area contributed by atoms with Gasteiger partial charge in [0, 0.05) is 11.6 Å². The van der Waals surface area contributed by atoms with Crippen LogP contribution in [0.3, 0.4) is 0 Å². The highest BCUT2D eigenvalue weighted by Gasteiger charge is 2.27. The predicted molar refractivity (Wildman–Crippen MR) is 92.4 cm³/mol. The molecule has 4 nitrogen and oxygen atoms in total. The molecule has 0 spiro atoms. The first-order valence-corrected chi connectivity index (χ1v) is 9.10. The Morgan fingerprint density at radius 1 is 1.13 bits per heavy atom. The number of aliphatic hydroxyl groups is 1. The molecule has 0 heterocycles. The molecule has 0 aromatic heterocycles. The Morgan fingerprint density at radius 2 is 1.74 bits per heavy atom. The second-order valence-corrected chi connectivity index (χ2v) is 8.05. The topological polar surface area (TPSA) is 66.4 Å². The zero-order valence-corrected chi connectivity index (χ0v) is 15.0. The van der Waals surface area contributed by atoms with Crippen LogP contribution in [0.5, 0.6) is 0 Å². The lowest BCUT2D eigenvalue weighted by molar-refractivity contribution is 0.0627. The molecular formula is C16H17Cl2NO3S. The largest absolute Gasteiger partial charge is 0.384 e. The lowest BCUT2D eigenvalue weighted by Gasteiger charge is -2.24. The van der Waals surface area contributed by atoms with Crippen LogP contribution in [0.2, 0.25) is 10.0 Å². The van der Waals surface area contributed by atoms with Gasteiger partial charge in [-0.1, -0.05) is 53.5 Å². The van der Waals surface area contributed by atoms with Crippen LogP contribution in [-0.2, 0) is 15.6 Å². The highest BCUT2D eigenvalue weighted by molar-refractivity contribution is 7.89. The number of hydrogen-bond donors (Lipinski definition) is 2. The van der Waals surface area contributed by atoms with Crippen LogP contribution in [0.25, 0.3) is 0 Å². The third-order valence-corrected chi connectivity index (χ3v) is 5.78. The first-order valence-electron chi connectivity index (χ1n) is 6.87. The minimum Gasteiger partial charge on any atom is -0.384 e. The van der Waals surface area contributed by atoms with Gasteiger partial charge in [-0.25, -0.2) is 13.1 Å². The molecule has 124 valence electrons. The van der Waals surface area contributed by atoms with Crippen molar-refractivity contribution in [2.45, 2.75) is 24.3 Å². The van der Waals surface area contributed by atoms with Gasteiger partial charge in [-0.15, -0.1) is 0 Å². The van der Waals surface area contributed by atoms with Gasteiger partial charge in [0.05, 0.1) is 5.02 Å². The molecule has 2 aromatic rings. The fourth-order valence-corrected chi connectivity index (χ4v) is 4.01. The highest BCUT2D eigenvalue weighted by atomic mass is 35.5. The molecule has 7 heteroatoms. The van der Waals surface area contributed by atoms with Crippen LogP contribution in [-0.4, -0.2) is 20.1 Å². The monoisotopic (exact) mass is 373 g/mol. The average molecular weight is 374 g/mol. The third-order valence-electron chi connectivity index (χ3n) is 3.50. The van der Waals surface area contributed by atoms with Crippen LogP contribution in [0.1, 0.15) is 18.1 Å². The third kappa shape index (κ3) is 4.25. The van der Waals surface area contributed by atoms with E-state index in [2.05, 4.69) is 4.72 Å². The second-order valence-electron chi connectivity index (χ2n) is 5.50. The van der Waals surface area contributed by atoms with Gasteiger partial charge in [0.2, 0.25) is 10.0 Å². The maximum absolute atomic E-state index is 12.4. The fraction of sp³-hybridized carbons (Fsp3) is 0.250. The summed E-state index contributed by atoms with van der Waals surface area (Å²) in [7, 11) is -3.87. The number of nitrogens with one attached hydrogen (secondary N) is 1. The Balaban J connectivity index is 2.24. The molecular weight excluding hydrogens is 357 g/mol. The molecule has 0 aliphatic carbocycles. The second kappa shape index (κ2) is 6.79. The van der Waals surface area contributed by atoms with Crippen LogP contribution in [0.4, 0.5) is 0 Å². The van der Waals surface area contributed by atoms with E-state index >= 15 is 0 Å². The normalized spacial score (nSPS) is 14.5. The van der Waals surface area contributed by atoms with E-state index in [-0.39, 0.29) is 16.5 Å². The molecule has 0 aliphatic rings. The van der Waals surface area contributed by atoms with Crippen LogP contribution in [0.15, 0.2) is 47.4 Å². The van der Waals surface area contributed by atoms with E-state index < -0.39 is 15.6 Å². The summed E-state index contributed by atoms with van der Waals surface area (Å²) in [4.78, 5) is -0.0649. The summed E-state index contributed by atoms with van der Waals surface area (Å²) < 4.78 is 27.3. The lowest BCUT2D eigenvalue weighted by atomic mass is 9.97. The maximum Gasteiger partial charge on any atom is 0.242 e. The number of rotatable bonds is 5. The van der Waals surface area contributed by atoms with Crippen LogP contribution >= 0.6 is 23.2 Å². The van der Waals surface area contributed by atoms with Crippen LogP contribution < -0.4 is 4.72 Å². The van der Waals surface area contributed by atoms with Crippen molar-refractivity contribution in [1.82, 2.24) is 4.72 Å². The Morgan fingerprint density at radius 3 is 2.35 bits per heavy atom. The van der Waals surface area contributed by atoms with Crippen molar-refractivity contribution in [3.05, 3.63) is 63.6 Å². The molecule has 0 saturated heterocycles. The van der Waals surface area contributed by atoms with Gasteiger partial charge in [0.1, 0.15) is 10.5 Å². The van der Waals surface area contributed by atoms with Crippen molar-refractivity contribution in [3.63, 3.8) is 0 Å². The number of benzene rings is 2. The molecule has 0 radical (unpaired) electrons. The minimum atomic E-state index is -3.87. The van der Waals surface area contributed by atoms with E-state index in [9.17, 15) is 13.5 Å². The molecule has 0 aliphatic heterocycles. The van der Waals surface area contributed by atoms with E-state index in [0.717, 1.165) is 0 Å². The van der Waals surface area contributed by atoms with Gasteiger partial charge in [-0.2, -0.15) is 0 Å². The summed E-state index contributed by atoms with van der Waals surface area (Å²) in [5.41, 5.74) is -0.130. The highest BCUT2D eigenvalue weighted by Crippen LogP contribution is 2.28. The number of hydrogen-bond acceptors (Lipinski definition) is 3. The minimum absolute atomic E-state index is 0.0347. The Labute approximate surface area is 146 Å². The molecule has 0 bridgehead atoms. The summed E-state index contributed by atoms with van der Waals surface area (Å²) in [6.07, 6.45) is 0. The Bertz CT molecular complexity index is 806. The number of halogens is 2. The molecule has 23 heavy (non-hydrogen) atoms. The SMILES string of the molecule is Cc1cc(S(=O)(=O)NCC(C)(O)c2ccccc2)c(Cl)cc1Cl.